The lowest BCUT2D eigenvalue weighted by molar-refractivity contribution is -0.117. The maximum absolute atomic E-state index is 12.3. The predicted molar refractivity (Wildman–Crippen MR) is 126 cm³/mol. The summed E-state index contributed by atoms with van der Waals surface area (Å²) in [5.41, 5.74) is 1.92. The van der Waals surface area contributed by atoms with Gasteiger partial charge in [0.1, 0.15) is 5.76 Å². The average Bonchev–Trinajstić information content (AvgIpc) is 3.48. The van der Waals surface area contributed by atoms with Crippen LogP contribution in [0, 0.1) is 0 Å². The molecule has 0 atom stereocenters. The number of hydrogen-bond acceptors (Lipinski definition) is 6. The predicted octanol–water partition coefficient (Wildman–Crippen LogP) is 4.36. The van der Waals surface area contributed by atoms with Gasteiger partial charge in [0.2, 0.25) is 5.91 Å². The molecule has 2 aromatic carbocycles. The summed E-state index contributed by atoms with van der Waals surface area (Å²) in [5.74, 6) is 0.811. The molecule has 8 nitrogen and oxygen atoms in total. The number of amides is 3. The van der Waals surface area contributed by atoms with Crippen molar-refractivity contribution in [2.75, 3.05) is 5.75 Å². The van der Waals surface area contributed by atoms with Gasteiger partial charge in [0, 0.05) is 10.6 Å². The molecule has 2 aromatic heterocycles. The van der Waals surface area contributed by atoms with Crippen molar-refractivity contribution >= 4 is 35.3 Å². The average molecular weight is 482 g/mol. The third kappa shape index (κ3) is 6.24. The largest absolute Gasteiger partial charge is 0.467 e. The zero-order chi connectivity index (χ0) is 23.0. The SMILES string of the molecule is O=C(CSc1nnc(-c2ccc(Cl)cc2)n1Cc1ccccc1)NC(=O)NCc1ccco1. The van der Waals surface area contributed by atoms with E-state index < -0.39 is 11.9 Å². The fourth-order valence-electron chi connectivity index (χ4n) is 3.03. The van der Waals surface area contributed by atoms with Gasteiger partial charge in [-0.1, -0.05) is 53.7 Å². The first-order chi connectivity index (χ1) is 16.1. The molecule has 2 N–H and O–H groups in total. The number of nitrogens with zero attached hydrogens (tertiary/aromatic N) is 3. The molecule has 0 saturated carbocycles. The lowest BCUT2D eigenvalue weighted by Crippen LogP contribution is -2.39. The summed E-state index contributed by atoms with van der Waals surface area (Å²) < 4.78 is 7.08. The highest BCUT2D eigenvalue weighted by molar-refractivity contribution is 7.99. The van der Waals surface area contributed by atoms with Gasteiger partial charge in [-0.05, 0) is 42.0 Å². The quantitative estimate of drug-likeness (QED) is 0.362. The maximum Gasteiger partial charge on any atom is 0.321 e. The van der Waals surface area contributed by atoms with Gasteiger partial charge < -0.3 is 9.73 Å². The number of thioether (sulfide) groups is 1. The van der Waals surface area contributed by atoms with E-state index in [2.05, 4.69) is 20.8 Å². The van der Waals surface area contributed by atoms with Crippen LogP contribution in [0.3, 0.4) is 0 Å². The van der Waals surface area contributed by atoms with Crippen LogP contribution < -0.4 is 10.6 Å². The third-order valence-electron chi connectivity index (χ3n) is 4.59. The van der Waals surface area contributed by atoms with Gasteiger partial charge in [-0.3, -0.25) is 14.7 Å². The van der Waals surface area contributed by atoms with E-state index in [9.17, 15) is 9.59 Å². The van der Waals surface area contributed by atoms with Crippen LogP contribution in [0.2, 0.25) is 5.02 Å². The number of furan rings is 1. The number of carbonyl (C=O) groups excluding carboxylic acids is 2. The lowest BCUT2D eigenvalue weighted by atomic mass is 10.2. The third-order valence-corrected chi connectivity index (χ3v) is 5.81. The minimum atomic E-state index is -0.593. The van der Waals surface area contributed by atoms with Crippen LogP contribution in [0.4, 0.5) is 4.79 Å². The van der Waals surface area contributed by atoms with Crippen LogP contribution in [0.25, 0.3) is 11.4 Å². The standard InChI is InChI=1S/C23H20ClN5O3S/c24-18-10-8-17(9-11-18)21-27-28-23(29(21)14-16-5-2-1-3-6-16)33-15-20(30)26-22(31)25-13-19-7-4-12-32-19/h1-12H,13-15H2,(H2,25,26,30,31). The van der Waals surface area contributed by atoms with Crippen molar-refractivity contribution in [2.24, 2.45) is 0 Å². The van der Waals surface area contributed by atoms with Crippen molar-refractivity contribution in [1.82, 2.24) is 25.4 Å². The molecule has 33 heavy (non-hydrogen) atoms. The summed E-state index contributed by atoms with van der Waals surface area (Å²) >= 11 is 7.23. The molecule has 3 amide bonds. The van der Waals surface area contributed by atoms with E-state index in [4.69, 9.17) is 16.0 Å². The van der Waals surface area contributed by atoms with Crippen molar-refractivity contribution in [1.29, 1.82) is 0 Å². The lowest BCUT2D eigenvalue weighted by Gasteiger charge is -2.11. The Kier molecular flexibility index (Phi) is 7.43. The van der Waals surface area contributed by atoms with Gasteiger partial charge in [0.25, 0.3) is 0 Å². The molecule has 10 heteroatoms. The van der Waals surface area contributed by atoms with Crippen molar-refractivity contribution < 1.29 is 14.0 Å². The molecule has 0 aliphatic carbocycles. The number of halogens is 1. The van der Waals surface area contributed by atoms with Gasteiger partial charge in [-0.15, -0.1) is 10.2 Å². The fraction of sp³-hybridized carbons (Fsp3) is 0.130. The Balaban J connectivity index is 1.43. The minimum Gasteiger partial charge on any atom is -0.467 e. The molecule has 168 valence electrons. The van der Waals surface area contributed by atoms with Crippen molar-refractivity contribution in [3.05, 3.63) is 89.3 Å². The van der Waals surface area contributed by atoms with Crippen LogP contribution in [0.15, 0.2) is 82.6 Å². The maximum atomic E-state index is 12.3. The minimum absolute atomic E-state index is 0.00170. The highest BCUT2D eigenvalue weighted by Gasteiger charge is 2.17. The highest BCUT2D eigenvalue weighted by atomic mass is 35.5. The van der Waals surface area contributed by atoms with Crippen LogP contribution >= 0.6 is 23.4 Å². The summed E-state index contributed by atoms with van der Waals surface area (Å²) in [7, 11) is 0. The second-order valence-electron chi connectivity index (χ2n) is 6.98. The normalized spacial score (nSPS) is 10.7. The van der Waals surface area contributed by atoms with Gasteiger partial charge >= 0.3 is 6.03 Å². The van der Waals surface area contributed by atoms with Gasteiger partial charge in [-0.2, -0.15) is 0 Å². The van der Waals surface area contributed by atoms with E-state index >= 15 is 0 Å². The molecular formula is C23H20ClN5O3S. The van der Waals surface area contributed by atoms with E-state index in [1.807, 2.05) is 47.0 Å². The number of urea groups is 1. The zero-order valence-electron chi connectivity index (χ0n) is 17.4. The number of nitrogens with one attached hydrogen (secondary N) is 2. The highest BCUT2D eigenvalue weighted by Crippen LogP contribution is 2.26. The fourth-order valence-corrected chi connectivity index (χ4v) is 3.90. The molecule has 0 fully saturated rings. The van der Waals surface area contributed by atoms with E-state index in [0.717, 1.165) is 11.1 Å². The molecule has 0 radical (unpaired) electrons. The van der Waals surface area contributed by atoms with Crippen LogP contribution in [0.1, 0.15) is 11.3 Å². The van der Waals surface area contributed by atoms with Crippen molar-refractivity contribution in [3.8, 4) is 11.4 Å². The van der Waals surface area contributed by atoms with Crippen LogP contribution in [-0.4, -0.2) is 32.5 Å². The molecule has 0 bridgehead atoms. The number of hydrogen-bond donors (Lipinski definition) is 2. The number of benzene rings is 2. The summed E-state index contributed by atoms with van der Waals surface area (Å²) in [6.45, 7) is 0.717. The van der Waals surface area contributed by atoms with E-state index in [1.54, 1.807) is 24.3 Å². The molecule has 2 heterocycles. The molecular weight excluding hydrogens is 462 g/mol. The second-order valence-corrected chi connectivity index (χ2v) is 8.36. The molecule has 0 spiro atoms. The van der Waals surface area contributed by atoms with Crippen LogP contribution in [0.5, 0.6) is 0 Å². The van der Waals surface area contributed by atoms with E-state index in [0.29, 0.717) is 28.3 Å². The topological polar surface area (TPSA) is 102 Å². The molecule has 0 aliphatic rings. The summed E-state index contributed by atoms with van der Waals surface area (Å²) in [5, 5.41) is 14.7. The van der Waals surface area contributed by atoms with Gasteiger partial charge in [0.05, 0.1) is 25.1 Å². The number of carbonyl (C=O) groups is 2. The Labute approximate surface area is 199 Å². The number of imide groups is 1. The Bertz CT molecular complexity index is 1210. The van der Waals surface area contributed by atoms with E-state index in [1.165, 1.54) is 18.0 Å². The van der Waals surface area contributed by atoms with Crippen molar-refractivity contribution in [3.63, 3.8) is 0 Å². The van der Waals surface area contributed by atoms with Crippen molar-refractivity contribution in [2.45, 2.75) is 18.2 Å². The summed E-state index contributed by atoms with van der Waals surface area (Å²) in [4.78, 5) is 24.2. The Hall–Kier alpha value is -3.56. The number of rotatable bonds is 8. The molecule has 4 rings (SSSR count). The summed E-state index contributed by atoms with van der Waals surface area (Å²) in [6.07, 6.45) is 1.51. The molecule has 0 aliphatic heterocycles. The molecule has 0 unspecified atom stereocenters. The van der Waals surface area contributed by atoms with Gasteiger partial charge in [-0.25, -0.2) is 4.79 Å². The Morgan fingerprint density at radius 1 is 1.00 bits per heavy atom. The monoisotopic (exact) mass is 481 g/mol. The second kappa shape index (κ2) is 10.8. The smallest absolute Gasteiger partial charge is 0.321 e. The van der Waals surface area contributed by atoms with Gasteiger partial charge in [0.15, 0.2) is 11.0 Å². The Morgan fingerprint density at radius 2 is 1.79 bits per heavy atom. The first-order valence-corrected chi connectivity index (χ1v) is 11.4. The summed E-state index contributed by atoms with van der Waals surface area (Å²) in [6, 6.07) is 20.1. The first kappa shape index (κ1) is 22.6. The zero-order valence-corrected chi connectivity index (χ0v) is 19.0. The Morgan fingerprint density at radius 3 is 2.52 bits per heavy atom. The number of aromatic nitrogens is 3. The molecule has 4 aromatic rings. The first-order valence-electron chi connectivity index (χ1n) is 10.0. The molecule has 0 saturated heterocycles. The van der Waals surface area contributed by atoms with E-state index in [-0.39, 0.29) is 12.3 Å². The van der Waals surface area contributed by atoms with Crippen LogP contribution in [-0.2, 0) is 17.9 Å².